The minimum atomic E-state index is -1.15. The van der Waals surface area contributed by atoms with Gasteiger partial charge in [-0.1, -0.05) is 28.1 Å². The van der Waals surface area contributed by atoms with Crippen molar-refractivity contribution in [3.63, 3.8) is 0 Å². The number of hydrogen-bond donors (Lipinski definition) is 2. The van der Waals surface area contributed by atoms with Crippen LogP contribution in [0.4, 0.5) is 10.1 Å². The van der Waals surface area contributed by atoms with E-state index in [4.69, 9.17) is 4.42 Å². The maximum Gasteiger partial charge on any atom is 0.337 e. The molecule has 1 heterocycles. The maximum atomic E-state index is 13.8. The first-order chi connectivity index (χ1) is 12.0. The molecule has 25 heavy (non-hydrogen) atoms. The van der Waals surface area contributed by atoms with Crippen LogP contribution in [0.25, 0.3) is 11.5 Å². The molecule has 0 aliphatic heterocycles. The van der Waals surface area contributed by atoms with Gasteiger partial charge in [0.2, 0.25) is 5.89 Å². The molecule has 126 valence electrons. The average molecular weight is 405 g/mol. The van der Waals surface area contributed by atoms with E-state index in [0.29, 0.717) is 4.47 Å². The van der Waals surface area contributed by atoms with Gasteiger partial charge >= 0.3 is 11.9 Å². The van der Waals surface area contributed by atoms with Crippen molar-refractivity contribution in [3.8, 4) is 17.4 Å². The van der Waals surface area contributed by atoms with Crippen molar-refractivity contribution in [1.29, 1.82) is 0 Å². The number of aromatic nitrogens is 1. The van der Waals surface area contributed by atoms with Crippen LogP contribution in [0.5, 0.6) is 5.95 Å². The van der Waals surface area contributed by atoms with Crippen molar-refractivity contribution in [1.82, 2.24) is 4.98 Å². The first-order valence-electron chi connectivity index (χ1n) is 6.97. The summed E-state index contributed by atoms with van der Waals surface area (Å²) in [6.07, 6.45) is 1.15. The van der Waals surface area contributed by atoms with Gasteiger partial charge in [0.25, 0.3) is 0 Å². The third kappa shape index (κ3) is 3.58. The normalized spacial score (nSPS) is 11.1. The molecule has 0 radical (unpaired) electrons. The van der Waals surface area contributed by atoms with E-state index in [2.05, 4.69) is 25.9 Å². The molecular formula is C17H10BrFN2O4. The molecule has 6 nitrogen and oxygen atoms in total. The van der Waals surface area contributed by atoms with Gasteiger partial charge in [0.15, 0.2) is 5.69 Å². The molecule has 0 atom stereocenters. The second-order valence-corrected chi connectivity index (χ2v) is 5.83. The van der Waals surface area contributed by atoms with Crippen LogP contribution in [0, 0.1) is 5.82 Å². The summed E-state index contributed by atoms with van der Waals surface area (Å²) in [5.41, 5.74) is 0.193. The fourth-order valence-electron chi connectivity index (χ4n) is 2.08. The Kier molecular flexibility index (Phi) is 4.62. The van der Waals surface area contributed by atoms with Crippen molar-refractivity contribution in [2.75, 3.05) is 0 Å². The molecule has 0 bridgehead atoms. The summed E-state index contributed by atoms with van der Waals surface area (Å²) in [6.45, 7) is 0. The largest absolute Gasteiger partial charge is 0.479 e. The molecule has 3 aromatic rings. The van der Waals surface area contributed by atoms with Crippen molar-refractivity contribution in [3.05, 3.63) is 64.0 Å². The van der Waals surface area contributed by atoms with E-state index in [1.54, 1.807) is 12.1 Å². The van der Waals surface area contributed by atoms with E-state index in [1.165, 1.54) is 30.3 Å². The van der Waals surface area contributed by atoms with Crippen LogP contribution in [-0.4, -0.2) is 27.4 Å². The highest BCUT2D eigenvalue weighted by molar-refractivity contribution is 9.10. The predicted octanol–water partition coefficient (Wildman–Crippen LogP) is 4.40. The van der Waals surface area contributed by atoms with Gasteiger partial charge in [-0.05, 0) is 30.3 Å². The molecule has 0 aliphatic carbocycles. The Balaban J connectivity index is 1.96. The molecule has 0 aliphatic rings. The molecular weight excluding hydrogens is 395 g/mol. The Morgan fingerprint density at radius 1 is 1.28 bits per heavy atom. The van der Waals surface area contributed by atoms with Crippen LogP contribution >= 0.6 is 15.9 Å². The third-order valence-corrected chi connectivity index (χ3v) is 3.75. The first-order valence-corrected chi connectivity index (χ1v) is 7.76. The summed E-state index contributed by atoms with van der Waals surface area (Å²) in [5, 5.41) is 19.0. The van der Waals surface area contributed by atoms with Crippen molar-refractivity contribution >= 4 is 33.8 Å². The molecule has 8 heteroatoms. The van der Waals surface area contributed by atoms with Crippen molar-refractivity contribution in [2.45, 2.75) is 0 Å². The highest BCUT2D eigenvalue weighted by atomic mass is 79.9. The molecule has 1 aromatic heterocycles. The Bertz CT molecular complexity index is 985. The summed E-state index contributed by atoms with van der Waals surface area (Å²) in [7, 11) is 0. The van der Waals surface area contributed by atoms with E-state index in [0.717, 1.165) is 6.21 Å². The lowest BCUT2D eigenvalue weighted by Crippen LogP contribution is -1.96. The molecule has 2 aromatic carbocycles. The third-order valence-electron chi connectivity index (χ3n) is 3.25. The lowest BCUT2D eigenvalue weighted by Gasteiger charge is -2.00. The Morgan fingerprint density at radius 3 is 2.76 bits per heavy atom. The van der Waals surface area contributed by atoms with Crippen LogP contribution in [0.3, 0.4) is 0 Å². The number of aromatic hydroxyl groups is 1. The number of aliphatic imine (C=N–C) groups is 1. The molecule has 0 saturated carbocycles. The molecule has 2 N–H and O–H groups in total. The number of benzene rings is 2. The Hall–Kier alpha value is -3.00. The SMILES string of the molecule is O=C(O)c1cc(Br)ccc1N=Cc1nc(-c2ccccc2F)oc1O. The average Bonchev–Trinajstić information content (AvgIpc) is 2.94. The number of carboxylic acids is 1. The van der Waals surface area contributed by atoms with E-state index >= 15 is 0 Å². The van der Waals surface area contributed by atoms with E-state index in [9.17, 15) is 19.4 Å². The number of oxazole rings is 1. The molecule has 3 rings (SSSR count). The lowest BCUT2D eigenvalue weighted by atomic mass is 10.2. The highest BCUT2D eigenvalue weighted by Gasteiger charge is 2.16. The number of carboxylic acid groups (broad SMARTS) is 1. The van der Waals surface area contributed by atoms with Crippen LogP contribution < -0.4 is 0 Å². The standard InChI is InChI=1S/C17H10BrFN2O4/c18-9-5-6-13(11(7-9)16(22)23)20-8-14-17(24)25-15(21-14)10-3-1-2-4-12(10)19/h1-8,24H,(H,22,23). The zero-order valence-electron chi connectivity index (χ0n) is 12.5. The number of hydrogen-bond acceptors (Lipinski definition) is 5. The first kappa shape index (κ1) is 16.8. The van der Waals surface area contributed by atoms with Gasteiger partial charge in [-0.25, -0.2) is 14.2 Å². The smallest absolute Gasteiger partial charge is 0.337 e. The van der Waals surface area contributed by atoms with Gasteiger partial charge in [-0.3, -0.25) is 4.99 Å². The fraction of sp³-hybridized carbons (Fsp3) is 0. The van der Waals surface area contributed by atoms with Gasteiger partial charge in [0.05, 0.1) is 23.0 Å². The van der Waals surface area contributed by atoms with E-state index in [1.807, 2.05) is 0 Å². The number of aromatic carboxylic acids is 1. The highest BCUT2D eigenvalue weighted by Crippen LogP contribution is 2.28. The molecule has 0 fully saturated rings. The summed E-state index contributed by atoms with van der Waals surface area (Å²) in [4.78, 5) is 19.3. The van der Waals surface area contributed by atoms with Crippen LogP contribution in [0.15, 0.2) is 56.3 Å². The Morgan fingerprint density at radius 2 is 2.04 bits per heavy atom. The van der Waals surface area contributed by atoms with Gasteiger partial charge < -0.3 is 14.6 Å². The minimum Gasteiger partial charge on any atom is -0.479 e. The maximum absolute atomic E-state index is 13.8. The minimum absolute atomic E-state index is 0.0251. The Labute approximate surface area is 149 Å². The quantitative estimate of drug-likeness (QED) is 0.628. The zero-order chi connectivity index (χ0) is 18.0. The number of carbonyl (C=O) groups is 1. The van der Waals surface area contributed by atoms with Gasteiger partial charge in [-0.2, -0.15) is 0 Å². The van der Waals surface area contributed by atoms with Crippen LogP contribution in [0.1, 0.15) is 16.1 Å². The second-order valence-electron chi connectivity index (χ2n) is 4.91. The summed E-state index contributed by atoms with van der Waals surface area (Å²) < 4.78 is 19.4. The second kappa shape index (κ2) is 6.86. The molecule has 0 unspecified atom stereocenters. The van der Waals surface area contributed by atoms with Gasteiger partial charge in [-0.15, -0.1) is 0 Å². The molecule has 0 amide bonds. The number of halogens is 2. The fourth-order valence-corrected chi connectivity index (χ4v) is 2.44. The molecule has 0 spiro atoms. The van der Waals surface area contributed by atoms with Gasteiger partial charge in [0, 0.05) is 4.47 Å². The van der Waals surface area contributed by atoms with E-state index < -0.39 is 17.7 Å². The zero-order valence-corrected chi connectivity index (χ0v) is 14.1. The number of nitrogens with zero attached hydrogens (tertiary/aromatic N) is 2. The van der Waals surface area contributed by atoms with Gasteiger partial charge in [0.1, 0.15) is 5.82 Å². The van der Waals surface area contributed by atoms with Crippen molar-refractivity contribution in [2.24, 2.45) is 4.99 Å². The van der Waals surface area contributed by atoms with Crippen molar-refractivity contribution < 1.29 is 23.8 Å². The number of rotatable bonds is 4. The lowest BCUT2D eigenvalue weighted by molar-refractivity contribution is 0.0697. The predicted molar refractivity (Wildman–Crippen MR) is 91.9 cm³/mol. The van der Waals surface area contributed by atoms with Crippen LogP contribution in [-0.2, 0) is 0 Å². The topological polar surface area (TPSA) is 95.9 Å². The monoisotopic (exact) mass is 404 g/mol. The van der Waals surface area contributed by atoms with E-state index in [-0.39, 0.29) is 28.4 Å². The molecule has 0 saturated heterocycles. The summed E-state index contributed by atoms with van der Waals surface area (Å²) in [5.74, 6) is -2.35. The van der Waals surface area contributed by atoms with Crippen LogP contribution in [0.2, 0.25) is 0 Å². The summed E-state index contributed by atoms with van der Waals surface area (Å²) in [6, 6.07) is 10.4. The summed E-state index contributed by atoms with van der Waals surface area (Å²) >= 11 is 3.19.